The van der Waals surface area contributed by atoms with E-state index in [1.54, 1.807) is 18.2 Å². The van der Waals surface area contributed by atoms with Crippen LogP contribution in [0.1, 0.15) is 62.6 Å². The Kier molecular flexibility index (Phi) is 9.47. The first-order chi connectivity index (χ1) is 18.2. The average molecular weight is 558 g/mol. The second kappa shape index (κ2) is 12.8. The summed E-state index contributed by atoms with van der Waals surface area (Å²) in [5.74, 6) is 0.139. The molecule has 2 aliphatic rings. The van der Waals surface area contributed by atoms with Crippen molar-refractivity contribution in [2.75, 3.05) is 18.2 Å². The number of ether oxygens (including phenoxy) is 1. The molecule has 1 aliphatic heterocycles. The monoisotopic (exact) mass is 556 g/mol. The number of primary amides is 1. The lowest BCUT2D eigenvalue weighted by atomic mass is 9.96. The van der Waals surface area contributed by atoms with E-state index in [-0.39, 0.29) is 18.0 Å². The molecule has 38 heavy (non-hydrogen) atoms. The molecule has 4 rings (SSSR count). The normalized spacial score (nSPS) is 21.3. The number of amides is 2. The first-order valence-corrected chi connectivity index (χ1v) is 13.7. The van der Waals surface area contributed by atoms with E-state index in [1.165, 1.54) is 11.6 Å². The number of rotatable bonds is 10. The summed E-state index contributed by atoms with van der Waals surface area (Å²) in [6.07, 6.45) is 6.07. The van der Waals surface area contributed by atoms with Crippen LogP contribution in [-0.4, -0.2) is 36.8 Å². The van der Waals surface area contributed by atoms with Crippen LogP contribution >= 0.6 is 23.2 Å². The van der Waals surface area contributed by atoms with E-state index in [2.05, 4.69) is 43.4 Å². The maximum absolute atomic E-state index is 13.3. The fraction of sp³-hybridized carbons (Fsp3) is 0.414. The van der Waals surface area contributed by atoms with Crippen molar-refractivity contribution < 1.29 is 14.3 Å². The Morgan fingerprint density at radius 3 is 2.63 bits per heavy atom. The number of anilines is 1. The highest BCUT2D eigenvalue weighted by Crippen LogP contribution is 2.40. The summed E-state index contributed by atoms with van der Waals surface area (Å²) in [5.41, 5.74) is 8.59. The van der Waals surface area contributed by atoms with Gasteiger partial charge in [-0.25, -0.2) is 0 Å². The summed E-state index contributed by atoms with van der Waals surface area (Å²) in [4.78, 5) is 24.1. The minimum absolute atomic E-state index is 0.0666. The number of benzene rings is 2. The van der Waals surface area contributed by atoms with Gasteiger partial charge in [-0.3, -0.25) is 14.6 Å². The first-order valence-electron chi connectivity index (χ1n) is 13.0. The number of hydrogen-bond acceptors (Lipinski definition) is 5. The lowest BCUT2D eigenvalue weighted by Crippen LogP contribution is -2.37. The summed E-state index contributed by atoms with van der Waals surface area (Å²) in [6, 6.07) is 13.7. The minimum Gasteiger partial charge on any atom is -0.377 e. The second-order valence-electron chi connectivity index (χ2n) is 10.2. The highest BCUT2D eigenvalue weighted by atomic mass is 35.5. The first kappa shape index (κ1) is 28.1. The molecule has 3 unspecified atom stereocenters. The fourth-order valence-electron chi connectivity index (χ4n) is 4.99. The van der Waals surface area contributed by atoms with Gasteiger partial charge in [0.2, 0.25) is 5.91 Å². The number of hydrazone groups is 1. The van der Waals surface area contributed by atoms with Crippen molar-refractivity contribution in [3.63, 3.8) is 0 Å². The molecule has 7 nitrogen and oxygen atoms in total. The van der Waals surface area contributed by atoms with Crippen LogP contribution in [0.3, 0.4) is 0 Å². The Morgan fingerprint density at radius 1 is 1.18 bits per heavy atom. The predicted molar refractivity (Wildman–Crippen MR) is 153 cm³/mol. The molecule has 2 amide bonds. The van der Waals surface area contributed by atoms with Crippen molar-refractivity contribution in [2.45, 2.75) is 57.5 Å². The van der Waals surface area contributed by atoms with Crippen LogP contribution in [0.5, 0.6) is 0 Å². The Balaban J connectivity index is 1.43. The van der Waals surface area contributed by atoms with Gasteiger partial charge in [-0.2, -0.15) is 5.10 Å². The van der Waals surface area contributed by atoms with E-state index in [4.69, 9.17) is 38.8 Å². The van der Waals surface area contributed by atoms with E-state index in [0.717, 1.165) is 24.8 Å². The summed E-state index contributed by atoms with van der Waals surface area (Å²) < 4.78 is 5.63. The summed E-state index contributed by atoms with van der Waals surface area (Å²) >= 11 is 12.7. The Labute approximate surface area is 234 Å². The number of carbonyl (C=O) groups is 2. The molecule has 2 aromatic rings. The van der Waals surface area contributed by atoms with Gasteiger partial charge in [0.05, 0.1) is 23.4 Å². The lowest BCUT2D eigenvalue weighted by Gasteiger charge is -2.25. The number of nitrogens with one attached hydrogen (secondary N) is 1. The highest BCUT2D eigenvalue weighted by molar-refractivity contribution is 6.40. The molecule has 2 aromatic carbocycles. The van der Waals surface area contributed by atoms with Gasteiger partial charge in [-0.1, -0.05) is 67.4 Å². The summed E-state index contributed by atoms with van der Waals surface area (Å²) in [5, 5.41) is 10.8. The molecule has 202 valence electrons. The molecule has 1 heterocycles. The van der Waals surface area contributed by atoms with Gasteiger partial charge in [0, 0.05) is 30.2 Å². The van der Waals surface area contributed by atoms with Gasteiger partial charge in [0.1, 0.15) is 5.71 Å². The van der Waals surface area contributed by atoms with E-state index in [9.17, 15) is 9.59 Å². The van der Waals surface area contributed by atoms with Crippen molar-refractivity contribution in [3.05, 3.63) is 75.8 Å². The number of hydrogen-bond donors (Lipinski definition) is 2. The number of carbonyl (C=O) groups excluding carboxylic acids is 2. The topological polar surface area (TPSA) is 97.0 Å². The van der Waals surface area contributed by atoms with Crippen LogP contribution in [0.4, 0.5) is 5.69 Å². The van der Waals surface area contributed by atoms with Crippen molar-refractivity contribution >= 4 is 46.4 Å². The molecule has 3 atom stereocenters. The second-order valence-corrected chi connectivity index (χ2v) is 11.1. The molecule has 1 aliphatic carbocycles. The van der Waals surface area contributed by atoms with Gasteiger partial charge in [0.15, 0.2) is 0 Å². The third-order valence-electron chi connectivity index (χ3n) is 7.04. The molecule has 1 saturated carbocycles. The van der Waals surface area contributed by atoms with E-state index >= 15 is 0 Å². The summed E-state index contributed by atoms with van der Waals surface area (Å²) in [7, 11) is 0. The van der Waals surface area contributed by atoms with Crippen LogP contribution in [0.2, 0.25) is 10.0 Å². The van der Waals surface area contributed by atoms with Crippen molar-refractivity contribution in [3.8, 4) is 0 Å². The molecule has 9 heteroatoms. The van der Waals surface area contributed by atoms with Crippen LogP contribution < -0.4 is 16.1 Å². The Hall–Kier alpha value is -2.87. The largest absolute Gasteiger partial charge is 0.377 e. The zero-order valence-electron chi connectivity index (χ0n) is 21.7. The molecule has 0 bridgehead atoms. The molecular formula is C29H34Cl2N4O3. The molecule has 0 saturated heterocycles. The van der Waals surface area contributed by atoms with Crippen LogP contribution in [0, 0.1) is 5.92 Å². The third-order valence-corrected chi connectivity index (χ3v) is 7.58. The Morgan fingerprint density at radius 2 is 1.95 bits per heavy atom. The number of nitrogens with zero attached hydrogens (tertiary/aromatic N) is 2. The Bertz CT molecular complexity index is 1210. The van der Waals surface area contributed by atoms with Gasteiger partial charge in [-0.15, -0.1) is 0 Å². The quantitative estimate of drug-likeness (QED) is 0.287. The van der Waals surface area contributed by atoms with Gasteiger partial charge < -0.3 is 15.8 Å². The summed E-state index contributed by atoms with van der Waals surface area (Å²) in [6.45, 7) is 5.25. The van der Waals surface area contributed by atoms with Crippen molar-refractivity contribution in [2.24, 2.45) is 16.8 Å². The minimum atomic E-state index is -0.487. The van der Waals surface area contributed by atoms with Crippen LogP contribution in [-0.2, 0) is 14.3 Å². The smallest absolute Gasteiger partial charge is 0.267 e. The van der Waals surface area contributed by atoms with Crippen molar-refractivity contribution in [1.29, 1.82) is 0 Å². The third kappa shape index (κ3) is 7.16. The molecule has 0 spiro atoms. The SMILES string of the molecule is CC(C)c1ccc(C2CC(C(=O)NC3CCC(COC/C=C/C(N)=O)C3)=NN2c2ccc(Cl)cc2Cl)cc1. The zero-order valence-corrected chi connectivity index (χ0v) is 23.2. The van der Waals surface area contributed by atoms with Crippen LogP contribution in [0.25, 0.3) is 0 Å². The number of nitrogens with two attached hydrogens (primary N) is 1. The molecule has 1 fully saturated rings. The average Bonchev–Trinajstić information content (AvgIpc) is 3.51. The maximum Gasteiger partial charge on any atom is 0.267 e. The lowest BCUT2D eigenvalue weighted by molar-refractivity contribution is -0.115. The van der Waals surface area contributed by atoms with Crippen molar-refractivity contribution in [1.82, 2.24) is 5.32 Å². The van der Waals surface area contributed by atoms with Gasteiger partial charge >= 0.3 is 0 Å². The molecule has 0 aromatic heterocycles. The van der Waals surface area contributed by atoms with Gasteiger partial charge in [-0.05, 0) is 60.4 Å². The molecule has 0 radical (unpaired) electrons. The highest BCUT2D eigenvalue weighted by Gasteiger charge is 2.35. The van der Waals surface area contributed by atoms with Crippen LogP contribution in [0.15, 0.2) is 59.7 Å². The predicted octanol–water partition coefficient (Wildman–Crippen LogP) is 5.77. The zero-order chi connectivity index (χ0) is 27.2. The van der Waals surface area contributed by atoms with E-state index in [1.807, 2.05) is 11.1 Å². The standard InChI is InChI=1S/C29H34Cl2N4O3/c1-18(2)20-6-8-21(9-7-20)27-16-25(34-35(27)26-12-10-22(30)15-24(26)31)29(37)33-23-11-5-19(14-23)17-38-13-3-4-28(32)36/h3-4,6-10,12,15,18-19,23,27H,5,11,13-14,16-17H2,1-2H3,(H2,32,36)(H,33,37)/b4-3+. The molecule has 3 N–H and O–H groups in total. The van der Waals surface area contributed by atoms with Gasteiger partial charge in [0.25, 0.3) is 5.91 Å². The maximum atomic E-state index is 13.3. The fourth-order valence-corrected chi connectivity index (χ4v) is 5.49. The van der Waals surface area contributed by atoms with E-state index in [0.29, 0.717) is 52.9 Å². The van der Waals surface area contributed by atoms with E-state index < -0.39 is 5.91 Å². The number of halogens is 2. The molecular weight excluding hydrogens is 523 g/mol.